The lowest BCUT2D eigenvalue weighted by Gasteiger charge is -2.06. The van der Waals surface area contributed by atoms with E-state index in [9.17, 15) is 4.79 Å². The van der Waals surface area contributed by atoms with Gasteiger partial charge in [-0.25, -0.2) is 0 Å². The summed E-state index contributed by atoms with van der Waals surface area (Å²) in [6.45, 7) is 2.84. The quantitative estimate of drug-likeness (QED) is 0.715. The number of furan rings is 1. The number of carbonyl (C=O) groups excluding carboxylic acids is 1. The molecule has 132 valence electrons. The highest BCUT2D eigenvalue weighted by atomic mass is 35.5. The lowest BCUT2D eigenvalue weighted by Crippen LogP contribution is -2.33. The smallest absolute Gasteiger partial charge is 0.224 e. The van der Waals surface area contributed by atoms with E-state index in [1.165, 1.54) is 17.5 Å². The number of nitrogens with one attached hydrogen (secondary N) is 2. The molecule has 3 rings (SSSR count). The first-order chi connectivity index (χ1) is 11.3. The summed E-state index contributed by atoms with van der Waals surface area (Å²) in [6, 6.07) is 4.34. The normalized spacial score (nSPS) is 12.9. The SMILES string of the molecule is COCCNCCNC(=O)Cc1coc2cc3c(cc12)CCC3.Cl. The Morgan fingerprint density at radius 3 is 2.79 bits per heavy atom. The van der Waals surface area contributed by atoms with Gasteiger partial charge in [0.15, 0.2) is 0 Å². The molecule has 5 nitrogen and oxygen atoms in total. The van der Waals surface area contributed by atoms with Crippen molar-refractivity contribution in [1.29, 1.82) is 0 Å². The number of ether oxygens (including phenoxy) is 1. The van der Waals surface area contributed by atoms with Gasteiger partial charge in [0, 0.05) is 37.7 Å². The minimum atomic E-state index is 0. The second kappa shape index (κ2) is 9.06. The van der Waals surface area contributed by atoms with Crippen LogP contribution in [-0.4, -0.2) is 39.3 Å². The number of halogens is 1. The second-order valence-electron chi connectivity index (χ2n) is 6.00. The summed E-state index contributed by atoms with van der Waals surface area (Å²) in [5.41, 5.74) is 4.67. The number of amides is 1. The van der Waals surface area contributed by atoms with Gasteiger partial charge in [-0.05, 0) is 42.5 Å². The van der Waals surface area contributed by atoms with Gasteiger partial charge in [0.25, 0.3) is 0 Å². The van der Waals surface area contributed by atoms with E-state index in [2.05, 4.69) is 22.8 Å². The highest BCUT2D eigenvalue weighted by Gasteiger charge is 2.16. The van der Waals surface area contributed by atoms with Crippen LogP contribution in [0.15, 0.2) is 22.8 Å². The Kier molecular flexibility index (Phi) is 7.09. The number of rotatable bonds is 8. The van der Waals surface area contributed by atoms with Gasteiger partial charge >= 0.3 is 0 Å². The number of hydrogen-bond acceptors (Lipinski definition) is 4. The average Bonchev–Trinajstić information content (AvgIpc) is 3.15. The van der Waals surface area contributed by atoms with E-state index < -0.39 is 0 Å². The van der Waals surface area contributed by atoms with Crippen molar-refractivity contribution in [2.24, 2.45) is 0 Å². The lowest BCUT2D eigenvalue weighted by atomic mass is 10.0. The molecule has 0 unspecified atom stereocenters. The van der Waals surface area contributed by atoms with E-state index in [0.29, 0.717) is 19.6 Å². The van der Waals surface area contributed by atoms with Gasteiger partial charge < -0.3 is 19.8 Å². The Labute approximate surface area is 148 Å². The first-order valence-electron chi connectivity index (χ1n) is 8.26. The molecule has 1 aromatic heterocycles. The van der Waals surface area contributed by atoms with Crippen LogP contribution in [0.3, 0.4) is 0 Å². The molecule has 0 spiro atoms. The topological polar surface area (TPSA) is 63.5 Å². The lowest BCUT2D eigenvalue weighted by molar-refractivity contribution is -0.120. The first-order valence-corrected chi connectivity index (χ1v) is 8.26. The number of carbonyl (C=O) groups is 1. The maximum absolute atomic E-state index is 12.1. The summed E-state index contributed by atoms with van der Waals surface area (Å²) in [6.07, 6.45) is 5.57. The highest BCUT2D eigenvalue weighted by molar-refractivity contribution is 5.88. The predicted octanol–water partition coefficient (Wildman–Crippen LogP) is 2.24. The summed E-state index contributed by atoms with van der Waals surface area (Å²) in [5.74, 6) is 0.0294. The molecule has 0 fully saturated rings. The zero-order valence-corrected chi connectivity index (χ0v) is 14.8. The monoisotopic (exact) mass is 352 g/mol. The molecular weight excluding hydrogens is 328 g/mol. The largest absolute Gasteiger partial charge is 0.464 e. The van der Waals surface area contributed by atoms with E-state index in [1.807, 2.05) is 0 Å². The molecule has 1 heterocycles. The Morgan fingerprint density at radius 1 is 1.21 bits per heavy atom. The predicted molar refractivity (Wildman–Crippen MR) is 96.9 cm³/mol. The third-order valence-corrected chi connectivity index (χ3v) is 4.33. The molecule has 0 saturated heterocycles. The number of benzene rings is 1. The van der Waals surface area contributed by atoms with Crippen molar-refractivity contribution in [2.45, 2.75) is 25.7 Å². The van der Waals surface area contributed by atoms with Gasteiger partial charge in [-0.1, -0.05) is 0 Å². The van der Waals surface area contributed by atoms with Crippen LogP contribution in [-0.2, 0) is 28.8 Å². The zero-order chi connectivity index (χ0) is 16.1. The summed E-state index contributed by atoms with van der Waals surface area (Å²) in [4.78, 5) is 12.1. The fourth-order valence-corrected chi connectivity index (χ4v) is 3.11. The highest BCUT2D eigenvalue weighted by Crippen LogP contribution is 2.30. The van der Waals surface area contributed by atoms with Crippen LogP contribution in [0.25, 0.3) is 11.0 Å². The number of aryl methyl sites for hydroxylation is 2. The third kappa shape index (κ3) is 4.50. The van der Waals surface area contributed by atoms with Crippen molar-refractivity contribution in [3.05, 3.63) is 35.1 Å². The standard InChI is InChI=1S/C18H24N2O3.ClH/c1-22-8-7-19-5-6-20-18(21)11-15-12-23-17-10-14-4-2-3-13(14)9-16(15)17;/h9-10,12,19H,2-8,11H2,1H3,(H,20,21);1H. The van der Waals surface area contributed by atoms with E-state index >= 15 is 0 Å². The van der Waals surface area contributed by atoms with Crippen LogP contribution in [0.1, 0.15) is 23.1 Å². The summed E-state index contributed by atoms with van der Waals surface area (Å²) in [7, 11) is 1.67. The molecular formula is C18H25ClN2O3. The first kappa shape index (κ1) is 18.8. The Bertz CT molecular complexity index is 684. The van der Waals surface area contributed by atoms with E-state index in [4.69, 9.17) is 9.15 Å². The van der Waals surface area contributed by atoms with Crippen LogP contribution in [0, 0.1) is 0 Å². The fourth-order valence-electron chi connectivity index (χ4n) is 3.11. The fraction of sp³-hybridized carbons (Fsp3) is 0.500. The van der Waals surface area contributed by atoms with Crippen LogP contribution < -0.4 is 10.6 Å². The van der Waals surface area contributed by atoms with Gasteiger partial charge in [-0.2, -0.15) is 0 Å². The molecule has 1 aromatic carbocycles. The molecule has 0 bridgehead atoms. The van der Waals surface area contributed by atoms with Crippen LogP contribution in [0.4, 0.5) is 0 Å². The molecule has 1 aliphatic rings. The Hall–Kier alpha value is -1.56. The van der Waals surface area contributed by atoms with Crippen molar-refractivity contribution < 1.29 is 13.9 Å². The summed E-state index contributed by atoms with van der Waals surface area (Å²) >= 11 is 0. The molecule has 24 heavy (non-hydrogen) atoms. The van der Waals surface area contributed by atoms with Gasteiger partial charge in [0.2, 0.25) is 5.91 Å². The van der Waals surface area contributed by atoms with Gasteiger partial charge in [0.05, 0.1) is 19.3 Å². The van der Waals surface area contributed by atoms with Crippen LogP contribution in [0.5, 0.6) is 0 Å². The molecule has 0 aliphatic heterocycles. The zero-order valence-electron chi connectivity index (χ0n) is 14.0. The third-order valence-electron chi connectivity index (χ3n) is 4.33. The molecule has 6 heteroatoms. The molecule has 0 atom stereocenters. The van der Waals surface area contributed by atoms with Crippen LogP contribution >= 0.6 is 12.4 Å². The van der Waals surface area contributed by atoms with Crippen LogP contribution in [0.2, 0.25) is 0 Å². The minimum absolute atomic E-state index is 0. The molecule has 0 radical (unpaired) electrons. The Morgan fingerprint density at radius 2 is 2.00 bits per heavy atom. The molecule has 2 N–H and O–H groups in total. The number of methoxy groups -OCH3 is 1. The maximum atomic E-state index is 12.1. The van der Waals surface area contributed by atoms with Crippen molar-refractivity contribution in [3.8, 4) is 0 Å². The molecule has 1 amide bonds. The van der Waals surface area contributed by atoms with E-state index in [-0.39, 0.29) is 18.3 Å². The molecule has 0 saturated carbocycles. The van der Waals surface area contributed by atoms with Crippen molar-refractivity contribution in [1.82, 2.24) is 10.6 Å². The molecule has 2 aromatic rings. The maximum Gasteiger partial charge on any atom is 0.224 e. The summed E-state index contributed by atoms with van der Waals surface area (Å²) < 4.78 is 10.6. The second-order valence-corrected chi connectivity index (χ2v) is 6.00. The van der Waals surface area contributed by atoms with Crippen molar-refractivity contribution in [2.75, 3.05) is 33.4 Å². The van der Waals surface area contributed by atoms with Crippen molar-refractivity contribution in [3.63, 3.8) is 0 Å². The van der Waals surface area contributed by atoms with Crippen molar-refractivity contribution >= 4 is 29.3 Å². The number of hydrogen-bond donors (Lipinski definition) is 2. The van der Waals surface area contributed by atoms with Gasteiger partial charge in [-0.15, -0.1) is 12.4 Å². The molecule has 1 aliphatic carbocycles. The van der Waals surface area contributed by atoms with Gasteiger partial charge in [-0.3, -0.25) is 4.79 Å². The van der Waals surface area contributed by atoms with Gasteiger partial charge in [0.1, 0.15) is 5.58 Å². The minimum Gasteiger partial charge on any atom is -0.464 e. The Balaban J connectivity index is 0.00000208. The number of fused-ring (bicyclic) bond motifs is 2. The summed E-state index contributed by atoms with van der Waals surface area (Å²) in [5, 5.41) is 7.21. The van der Waals surface area contributed by atoms with E-state index in [0.717, 1.165) is 42.5 Å². The average molecular weight is 353 g/mol. The van der Waals surface area contributed by atoms with E-state index in [1.54, 1.807) is 13.4 Å².